The number of aliphatic hydroxyl groups is 1. The Kier molecular flexibility index (Phi) is 4.79. The van der Waals surface area contributed by atoms with Gasteiger partial charge in [0.05, 0.1) is 6.10 Å². The zero-order chi connectivity index (χ0) is 19.0. The first kappa shape index (κ1) is 18.2. The van der Waals surface area contributed by atoms with Gasteiger partial charge in [0.25, 0.3) is 5.91 Å². The van der Waals surface area contributed by atoms with Crippen molar-refractivity contribution >= 4 is 5.91 Å². The molecule has 2 aliphatic heterocycles. The van der Waals surface area contributed by atoms with Crippen LogP contribution in [0.5, 0.6) is 0 Å². The van der Waals surface area contributed by atoms with Gasteiger partial charge in [-0.1, -0.05) is 56.3 Å². The maximum absolute atomic E-state index is 12.9. The van der Waals surface area contributed by atoms with Gasteiger partial charge in [0.2, 0.25) is 0 Å². The van der Waals surface area contributed by atoms with Crippen molar-refractivity contribution < 1.29 is 9.90 Å². The summed E-state index contributed by atoms with van der Waals surface area (Å²) in [6.45, 7) is 7.78. The molecule has 2 heterocycles. The molecule has 0 aliphatic carbocycles. The average molecular weight is 364 g/mol. The number of hydrogen-bond acceptors (Lipinski definition) is 3. The minimum atomic E-state index is -0.541. The summed E-state index contributed by atoms with van der Waals surface area (Å²) in [5.41, 5.74) is 4.53. The lowest BCUT2D eigenvalue weighted by molar-refractivity contribution is 0.0431. The van der Waals surface area contributed by atoms with E-state index in [2.05, 4.69) is 43.0 Å². The average Bonchev–Trinajstić information content (AvgIpc) is 2.66. The number of aliphatic hydroxyl groups excluding tert-OH is 1. The first-order chi connectivity index (χ1) is 12.9. The van der Waals surface area contributed by atoms with E-state index in [4.69, 9.17) is 0 Å². The van der Waals surface area contributed by atoms with Crippen LogP contribution in [-0.2, 0) is 18.4 Å². The second kappa shape index (κ2) is 7.10. The summed E-state index contributed by atoms with van der Waals surface area (Å²) in [6, 6.07) is 16.4. The van der Waals surface area contributed by atoms with Crippen LogP contribution in [0.15, 0.2) is 48.5 Å². The molecule has 142 valence electrons. The highest BCUT2D eigenvalue weighted by Gasteiger charge is 2.37. The van der Waals surface area contributed by atoms with Crippen LogP contribution in [0.1, 0.15) is 40.9 Å². The van der Waals surface area contributed by atoms with E-state index in [0.717, 1.165) is 30.6 Å². The third kappa shape index (κ3) is 3.64. The van der Waals surface area contributed by atoms with E-state index >= 15 is 0 Å². The number of rotatable bonds is 4. The van der Waals surface area contributed by atoms with E-state index in [1.807, 2.05) is 29.2 Å². The molecular weight excluding hydrogens is 336 g/mol. The van der Waals surface area contributed by atoms with E-state index in [1.54, 1.807) is 0 Å². The molecule has 4 heteroatoms. The molecule has 0 saturated carbocycles. The van der Waals surface area contributed by atoms with Crippen molar-refractivity contribution in [2.75, 3.05) is 26.2 Å². The number of amides is 1. The summed E-state index contributed by atoms with van der Waals surface area (Å²) in [4.78, 5) is 17.0. The van der Waals surface area contributed by atoms with Crippen molar-refractivity contribution in [2.24, 2.45) is 0 Å². The number of hydrogen-bond donors (Lipinski definition) is 1. The topological polar surface area (TPSA) is 43.8 Å². The van der Waals surface area contributed by atoms with Crippen LogP contribution in [-0.4, -0.2) is 53.1 Å². The highest BCUT2D eigenvalue weighted by Crippen LogP contribution is 2.33. The van der Waals surface area contributed by atoms with Crippen molar-refractivity contribution in [3.8, 4) is 0 Å². The maximum Gasteiger partial charge on any atom is 0.254 e. The fourth-order valence-corrected chi connectivity index (χ4v) is 4.53. The van der Waals surface area contributed by atoms with Crippen LogP contribution < -0.4 is 0 Å². The Balaban J connectivity index is 1.42. The molecule has 4 rings (SSSR count). The Labute approximate surface area is 161 Å². The molecule has 0 saturated heterocycles. The molecule has 0 fully saturated rings. The fraction of sp³-hybridized carbons (Fsp3) is 0.435. The first-order valence-electron chi connectivity index (χ1n) is 9.80. The van der Waals surface area contributed by atoms with Gasteiger partial charge in [0.1, 0.15) is 0 Å². The molecule has 2 aromatic carbocycles. The Hall–Kier alpha value is -2.17. The van der Waals surface area contributed by atoms with Crippen LogP contribution in [0.2, 0.25) is 0 Å². The molecule has 1 amide bonds. The smallest absolute Gasteiger partial charge is 0.254 e. The normalized spacial score (nSPS) is 20.1. The molecule has 4 nitrogen and oxygen atoms in total. The highest BCUT2D eigenvalue weighted by atomic mass is 16.3. The summed E-state index contributed by atoms with van der Waals surface area (Å²) in [5.74, 6) is 0.0352. The van der Waals surface area contributed by atoms with Gasteiger partial charge in [-0.15, -0.1) is 0 Å². The fourth-order valence-electron chi connectivity index (χ4n) is 4.53. The minimum Gasteiger partial charge on any atom is -0.390 e. The predicted molar refractivity (Wildman–Crippen MR) is 107 cm³/mol. The number of carbonyl (C=O) groups excluding carboxylic acids is 1. The molecule has 0 radical (unpaired) electrons. The zero-order valence-corrected chi connectivity index (χ0v) is 16.2. The number of β-amino-alcohol motifs (C(OH)–C–C–N with tert-alkyl or cyclic N) is 1. The minimum absolute atomic E-state index is 0.0352. The van der Waals surface area contributed by atoms with E-state index < -0.39 is 6.10 Å². The van der Waals surface area contributed by atoms with Crippen molar-refractivity contribution in [1.29, 1.82) is 0 Å². The van der Waals surface area contributed by atoms with Crippen LogP contribution in [0, 0.1) is 0 Å². The monoisotopic (exact) mass is 364 g/mol. The Morgan fingerprint density at radius 2 is 1.74 bits per heavy atom. The van der Waals surface area contributed by atoms with E-state index in [9.17, 15) is 9.90 Å². The van der Waals surface area contributed by atoms with Crippen molar-refractivity contribution in [1.82, 2.24) is 9.80 Å². The molecule has 1 unspecified atom stereocenters. The van der Waals surface area contributed by atoms with Gasteiger partial charge in [-0.05, 0) is 29.2 Å². The summed E-state index contributed by atoms with van der Waals surface area (Å²) in [6.07, 6.45) is 0.478. The lowest BCUT2D eigenvalue weighted by atomic mass is 9.78. The lowest BCUT2D eigenvalue weighted by Gasteiger charge is -2.40. The van der Waals surface area contributed by atoms with Crippen LogP contribution in [0.4, 0.5) is 0 Å². The van der Waals surface area contributed by atoms with E-state index in [-0.39, 0.29) is 11.3 Å². The molecule has 27 heavy (non-hydrogen) atoms. The van der Waals surface area contributed by atoms with Gasteiger partial charge in [0.15, 0.2) is 0 Å². The highest BCUT2D eigenvalue weighted by molar-refractivity contribution is 5.97. The SMILES string of the molecule is CC1(C)CN(CC(O)CN2CCc3ccccc3C2)C(=O)c2ccccc21. The van der Waals surface area contributed by atoms with Crippen LogP contribution in [0.25, 0.3) is 0 Å². The van der Waals surface area contributed by atoms with Gasteiger partial charge in [-0.3, -0.25) is 9.69 Å². The standard InChI is InChI=1S/C23H28N2O2/c1-23(2)16-25(22(27)20-9-5-6-10-21(20)23)15-19(26)14-24-12-11-17-7-3-4-8-18(17)13-24/h3-10,19,26H,11-16H2,1-2H3. The number of fused-ring (bicyclic) bond motifs is 2. The Bertz CT molecular complexity index is 846. The third-order valence-electron chi connectivity index (χ3n) is 5.87. The molecule has 1 N–H and O–H groups in total. The van der Waals surface area contributed by atoms with Gasteiger partial charge < -0.3 is 10.0 Å². The van der Waals surface area contributed by atoms with Crippen LogP contribution in [0.3, 0.4) is 0 Å². The van der Waals surface area contributed by atoms with E-state index in [0.29, 0.717) is 19.6 Å². The lowest BCUT2D eigenvalue weighted by Crippen LogP contribution is -2.51. The van der Waals surface area contributed by atoms with Crippen molar-refractivity contribution in [3.05, 3.63) is 70.8 Å². The number of nitrogens with zero attached hydrogens (tertiary/aromatic N) is 2. The zero-order valence-electron chi connectivity index (χ0n) is 16.2. The number of benzene rings is 2. The maximum atomic E-state index is 12.9. The molecule has 0 aromatic heterocycles. The molecule has 0 spiro atoms. The quantitative estimate of drug-likeness (QED) is 0.907. The van der Waals surface area contributed by atoms with Gasteiger partial charge >= 0.3 is 0 Å². The van der Waals surface area contributed by atoms with Crippen LogP contribution >= 0.6 is 0 Å². The summed E-state index contributed by atoms with van der Waals surface area (Å²) >= 11 is 0. The Morgan fingerprint density at radius 1 is 1.04 bits per heavy atom. The second-order valence-corrected chi connectivity index (χ2v) is 8.52. The Morgan fingerprint density at radius 3 is 2.56 bits per heavy atom. The molecule has 0 bridgehead atoms. The first-order valence-corrected chi connectivity index (χ1v) is 9.80. The molecule has 1 atom stereocenters. The molecular formula is C23H28N2O2. The summed E-state index contributed by atoms with van der Waals surface area (Å²) in [5, 5.41) is 10.7. The third-order valence-corrected chi connectivity index (χ3v) is 5.87. The summed E-state index contributed by atoms with van der Waals surface area (Å²) < 4.78 is 0. The van der Waals surface area contributed by atoms with E-state index in [1.165, 1.54) is 11.1 Å². The second-order valence-electron chi connectivity index (χ2n) is 8.52. The molecule has 2 aromatic rings. The summed E-state index contributed by atoms with van der Waals surface area (Å²) in [7, 11) is 0. The van der Waals surface area contributed by atoms with Gasteiger partial charge in [-0.25, -0.2) is 0 Å². The van der Waals surface area contributed by atoms with Crippen molar-refractivity contribution in [2.45, 2.75) is 38.3 Å². The van der Waals surface area contributed by atoms with Gasteiger partial charge in [-0.2, -0.15) is 0 Å². The molecule has 2 aliphatic rings. The van der Waals surface area contributed by atoms with Crippen molar-refractivity contribution in [3.63, 3.8) is 0 Å². The predicted octanol–water partition coefficient (Wildman–Crippen LogP) is 2.84. The number of carbonyl (C=O) groups is 1. The van der Waals surface area contributed by atoms with Gasteiger partial charge in [0, 0.05) is 43.7 Å². The largest absolute Gasteiger partial charge is 0.390 e.